The Balaban J connectivity index is 1.28. The van der Waals surface area contributed by atoms with E-state index in [-0.39, 0.29) is 5.37 Å². The first-order valence-corrected chi connectivity index (χ1v) is 12.8. The summed E-state index contributed by atoms with van der Waals surface area (Å²) in [4.78, 5) is 4.94. The van der Waals surface area contributed by atoms with Crippen molar-refractivity contribution in [2.24, 2.45) is 0 Å². The summed E-state index contributed by atoms with van der Waals surface area (Å²) in [6.07, 6.45) is 11.0. The number of ether oxygens (including phenoxy) is 1. The zero-order valence-electron chi connectivity index (χ0n) is 18.7. The van der Waals surface area contributed by atoms with Crippen molar-refractivity contribution in [1.29, 1.82) is 0 Å². The molecular formula is C28H26N2OS2. The number of fused-ring (bicyclic) bond motifs is 2. The topological polar surface area (TPSA) is 24.5 Å². The molecule has 0 saturated carbocycles. The molecule has 0 bridgehead atoms. The standard InChI is InChI=1S/C28H26N2OS2/c1-3-30-24-16-14-21(13-12-20-8-5-4-6-9-20)18-26(24)33-28(30)11-7-10-27-29-23-19-22(31-2)15-17-25(23)32-27/h4-19,27,29H,3H2,1-2H3/b10-7+,13-12+,28-11+. The average Bonchev–Trinajstić information content (AvgIpc) is 3.42. The molecule has 5 rings (SSSR count). The highest BCUT2D eigenvalue weighted by molar-refractivity contribution is 8.03. The summed E-state index contributed by atoms with van der Waals surface area (Å²) in [6.45, 7) is 3.15. The predicted octanol–water partition coefficient (Wildman–Crippen LogP) is 7.74. The van der Waals surface area contributed by atoms with Gasteiger partial charge in [0.1, 0.15) is 5.75 Å². The number of nitrogens with zero attached hydrogens (tertiary/aromatic N) is 1. The van der Waals surface area contributed by atoms with Crippen LogP contribution in [-0.2, 0) is 0 Å². The number of rotatable bonds is 6. The number of thioether (sulfide) groups is 2. The van der Waals surface area contributed by atoms with Crippen LogP contribution in [0.3, 0.4) is 0 Å². The lowest BCUT2D eigenvalue weighted by molar-refractivity contribution is 0.415. The molecule has 2 aliphatic heterocycles. The summed E-state index contributed by atoms with van der Waals surface area (Å²) >= 11 is 3.66. The third-order valence-corrected chi connectivity index (χ3v) is 7.85. The van der Waals surface area contributed by atoms with E-state index in [1.807, 2.05) is 35.7 Å². The molecule has 5 heteroatoms. The fourth-order valence-corrected chi connectivity index (χ4v) is 6.14. The quantitative estimate of drug-likeness (QED) is 0.372. The molecule has 166 valence electrons. The van der Waals surface area contributed by atoms with Crippen LogP contribution in [-0.4, -0.2) is 19.0 Å². The second-order valence-electron chi connectivity index (χ2n) is 7.75. The molecule has 0 saturated heterocycles. The Bertz CT molecular complexity index is 1230. The number of nitrogens with one attached hydrogen (secondary N) is 1. The number of anilines is 2. The fourth-order valence-electron chi connectivity index (χ4n) is 3.93. The lowest BCUT2D eigenvalue weighted by atomic mass is 10.1. The Morgan fingerprint density at radius 3 is 2.64 bits per heavy atom. The third kappa shape index (κ3) is 4.85. The molecule has 1 atom stereocenters. The van der Waals surface area contributed by atoms with E-state index in [0.717, 1.165) is 18.0 Å². The minimum absolute atomic E-state index is 0.225. The van der Waals surface area contributed by atoms with Crippen molar-refractivity contribution in [3.8, 4) is 5.75 Å². The van der Waals surface area contributed by atoms with E-state index in [1.165, 1.54) is 31.6 Å². The van der Waals surface area contributed by atoms with Crippen LogP contribution in [0.1, 0.15) is 18.1 Å². The average molecular weight is 471 g/mol. The molecule has 0 aromatic heterocycles. The van der Waals surface area contributed by atoms with Gasteiger partial charge in [-0.15, -0.1) is 0 Å². The Hall–Kier alpha value is -3.02. The van der Waals surface area contributed by atoms with E-state index in [9.17, 15) is 0 Å². The molecule has 3 nitrogen and oxygen atoms in total. The van der Waals surface area contributed by atoms with Crippen molar-refractivity contribution in [2.45, 2.75) is 22.1 Å². The maximum absolute atomic E-state index is 5.34. The monoisotopic (exact) mass is 470 g/mol. The lowest BCUT2D eigenvalue weighted by Crippen LogP contribution is -2.16. The van der Waals surface area contributed by atoms with Crippen molar-refractivity contribution < 1.29 is 4.74 Å². The fraction of sp³-hybridized carbons (Fsp3) is 0.143. The smallest absolute Gasteiger partial charge is 0.121 e. The van der Waals surface area contributed by atoms with Gasteiger partial charge < -0.3 is 15.0 Å². The number of benzene rings is 3. The van der Waals surface area contributed by atoms with Crippen LogP contribution in [0.5, 0.6) is 5.75 Å². The Morgan fingerprint density at radius 2 is 1.82 bits per heavy atom. The van der Waals surface area contributed by atoms with Gasteiger partial charge in [0, 0.05) is 22.4 Å². The van der Waals surface area contributed by atoms with Gasteiger partial charge in [-0.2, -0.15) is 0 Å². The van der Waals surface area contributed by atoms with E-state index in [0.29, 0.717) is 0 Å². The highest BCUT2D eigenvalue weighted by atomic mass is 32.2. The Morgan fingerprint density at radius 1 is 0.970 bits per heavy atom. The zero-order chi connectivity index (χ0) is 22.6. The molecular weight excluding hydrogens is 444 g/mol. The normalized spacial score (nSPS) is 18.2. The van der Waals surface area contributed by atoms with Gasteiger partial charge in [0.05, 0.1) is 28.9 Å². The van der Waals surface area contributed by atoms with Crippen LogP contribution in [0.4, 0.5) is 11.4 Å². The SMILES string of the molecule is CCN1/C(=C\C=C\C2Nc3cc(OC)ccc3S2)Sc2cc(/C=C/c3ccccc3)ccc21. The summed E-state index contributed by atoms with van der Waals surface area (Å²) in [7, 11) is 1.70. The molecule has 33 heavy (non-hydrogen) atoms. The molecule has 2 heterocycles. The van der Waals surface area contributed by atoms with Crippen molar-refractivity contribution in [3.05, 3.63) is 101 Å². The van der Waals surface area contributed by atoms with Gasteiger partial charge in [-0.25, -0.2) is 0 Å². The molecule has 0 fully saturated rings. The number of methoxy groups -OCH3 is 1. The summed E-state index contributed by atoms with van der Waals surface area (Å²) in [6, 6.07) is 23.3. The predicted molar refractivity (Wildman–Crippen MR) is 144 cm³/mol. The molecule has 0 aliphatic carbocycles. The van der Waals surface area contributed by atoms with Crippen LogP contribution in [0.25, 0.3) is 12.2 Å². The van der Waals surface area contributed by atoms with E-state index >= 15 is 0 Å². The highest BCUT2D eigenvalue weighted by Crippen LogP contribution is 2.46. The molecule has 0 spiro atoms. The molecule has 0 radical (unpaired) electrons. The van der Waals surface area contributed by atoms with Gasteiger partial charge in [-0.3, -0.25) is 0 Å². The number of allylic oxidation sites excluding steroid dienone is 2. The second-order valence-corrected chi connectivity index (χ2v) is 10.00. The molecule has 3 aromatic carbocycles. The van der Waals surface area contributed by atoms with Crippen LogP contribution in [0.2, 0.25) is 0 Å². The largest absolute Gasteiger partial charge is 0.497 e. The lowest BCUT2D eigenvalue weighted by Gasteiger charge is -2.17. The Kier molecular flexibility index (Phi) is 6.51. The van der Waals surface area contributed by atoms with Gasteiger partial charge in [0.2, 0.25) is 0 Å². The zero-order valence-corrected chi connectivity index (χ0v) is 20.3. The van der Waals surface area contributed by atoms with Gasteiger partial charge in [0.25, 0.3) is 0 Å². The molecule has 3 aromatic rings. The molecule has 2 aliphatic rings. The second kappa shape index (κ2) is 9.86. The molecule has 1 unspecified atom stereocenters. The van der Waals surface area contributed by atoms with Gasteiger partial charge >= 0.3 is 0 Å². The Labute approximate surface area is 204 Å². The molecule has 0 amide bonds. The highest BCUT2D eigenvalue weighted by Gasteiger charge is 2.24. The van der Waals surface area contributed by atoms with E-state index < -0.39 is 0 Å². The van der Waals surface area contributed by atoms with Gasteiger partial charge in [0.15, 0.2) is 0 Å². The van der Waals surface area contributed by atoms with Gasteiger partial charge in [-0.05, 0) is 48.4 Å². The summed E-state index contributed by atoms with van der Waals surface area (Å²) < 4.78 is 5.34. The maximum atomic E-state index is 5.34. The van der Waals surface area contributed by atoms with Crippen molar-refractivity contribution in [2.75, 3.05) is 23.9 Å². The van der Waals surface area contributed by atoms with Crippen LogP contribution in [0, 0.1) is 0 Å². The number of hydrogen-bond acceptors (Lipinski definition) is 5. The third-order valence-electron chi connectivity index (χ3n) is 5.60. The van der Waals surface area contributed by atoms with E-state index in [2.05, 4.69) is 102 Å². The van der Waals surface area contributed by atoms with Crippen LogP contribution < -0.4 is 15.0 Å². The van der Waals surface area contributed by atoms with Crippen molar-refractivity contribution >= 4 is 47.1 Å². The number of hydrogen-bond donors (Lipinski definition) is 1. The maximum Gasteiger partial charge on any atom is 0.121 e. The summed E-state index contributed by atoms with van der Waals surface area (Å²) in [5.74, 6) is 0.880. The first kappa shape index (κ1) is 21.8. The molecule has 1 N–H and O–H groups in total. The summed E-state index contributed by atoms with van der Waals surface area (Å²) in [5.41, 5.74) is 4.85. The van der Waals surface area contributed by atoms with Gasteiger partial charge in [-0.1, -0.05) is 84.2 Å². The van der Waals surface area contributed by atoms with E-state index in [4.69, 9.17) is 4.74 Å². The van der Waals surface area contributed by atoms with Crippen LogP contribution in [0.15, 0.2) is 99.8 Å². The van der Waals surface area contributed by atoms with E-state index in [1.54, 1.807) is 7.11 Å². The van der Waals surface area contributed by atoms with Crippen molar-refractivity contribution in [3.63, 3.8) is 0 Å². The van der Waals surface area contributed by atoms with Crippen LogP contribution >= 0.6 is 23.5 Å². The minimum atomic E-state index is 0.225. The summed E-state index contributed by atoms with van der Waals surface area (Å²) in [5, 5.41) is 5.03. The first-order valence-electron chi connectivity index (χ1n) is 11.1. The van der Waals surface area contributed by atoms with Crippen molar-refractivity contribution in [1.82, 2.24) is 0 Å². The minimum Gasteiger partial charge on any atom is -0.497 e. The first-order chi connectivity index (χ1) is 16.2.